The molecule has 13 heteroatoms. The molecule has 6 nitrogen and oxygen atoms in total. The molecule has 0 fully saturated rings. The van der Waals surface area contributed by atoms with E-state index in [2.05, 4.69) is 171 Å². The van der Waals surface area contributed by atoms with Crippen molar-refractivity contribution in [3.05, 3.63) is 236 Å². The first kappa shape index (κ1) is 64.9. The average molecular weight is 1400 g/mol. The summed E-state index contributed by atoms with van der Waals surface area (Å²) in [4.78, 5) is 0. The molecule has 0 aliphatic rings. The van der Waals surface area contributed by atoms with E-state index in [0.717, 1.165) is 49.9 Å². The summed E-state index contributed by atoms with van der Waals surface area (Å²) in [5.41, 5.74) is 11.4. The van der Waals surface area contributed by atoms with Gasteiger partial charge in [0.15, 0.2) is 0 Å². The summed E-state index contributed by atoms with van der Waals surface area (Å²) in [5.74, 6) is -0.918. The van der Waals surface area contributed by atoms with Crippen LogP contribution in [0.25, 0.3) is 83.7 Å². The maximum atomic E-state index is 14.9. The maximum absolute atomic E-state index is 14.9. The molecule has 6 heterocycles. The zero-order valence-electron chi connectivity index (χ0n) is 53.2. The van der Waals surface area contributed by atoms with Crippen LogP contribution in [0.15, 0.2) is 201 Å². The molecule has 12 aromatic rings. The van der Waals surface area contributed by atoms with Gasteiger partial charge in [0.2, 0.25) is 0 Å². The smallest absolute Gasteiger partial charge is 0.265 e. The fourth-order valence-electron chi connectivity index (χ4n) is 10.2. The van der Waals surface area contributed by atoms with E-state index in [-0.39, 0.29) is 52.7 Å². The number of halogens is 3. The second kappa shape index (κ2) is 25.2. The van der Waals surface area contributed by atoms with Crippen LogP contribution in [0, 0.1) is 35.7 Å². The van der Waals surface area contributed by atoms with Gasteiger partial charge in [-0.15, -0.1) is 54.6 Å². The van der Waals surface area contributed by atoms with E-state index in [0.29, 0.717) is 33.8 Å². The third kappa shape index (κ3) is 13.4. The third-order valence-corrected chi connectivity index (χ3v) is 35.5. The number of pyridine rings is 3. The van der Waals surface area contributed by atoms with Gasteiger partial charge < -0.3 is 0 Å². The number of benzene rings is 6. The van der Waals surface area contributed by atoms with Crippen molar-refractivity contribution in [3.63, 3.8) is 0 Å². The largest absolute Gasteiger partial charge is 3.00 e. The topological polar surface area (TPSA) is 51.9 Å². The van der Waals surface area contributed by atoms with Gasteiger partial charge in [-0.2, -0.15) is 0 Å². The van der Waals surface area contributed by atoms with Crippen molar-refractivity contribution in [2.75, 3.05) is 0 Å². The molecule has 0 spiro atoms. The first-order valence-corrected chi connectivity index (χ1v) is 38.8. The van der Waals surface area contributed by atoms with Crippen molar-refractivity contribution >= 4 is 56.3 Å². The van der Waals surface area contributed by atoms with Crippen molar-refractivity contribution < 1.29 is 33.3 Å². The molecule has 88 heavy (non-hydrogen) atoms. The van der Waals surface area contributed by atoms with Crippen LogP contribution in [0.3, 0.4) is 0 Å². The summed E-state index contributed by atoms with van der Waals surface area (Å²) < 4.78 is 50.2. The first-order chi connectivity index (χ1) is 41.0. The van der Waals surface area contributed by atoms with E-state index in [1.807, 2.05) is 160 Å². The van der Waals surface area contributed by atoms with E-state index in [4.69, 9.17) is 0 Å². The van der Waals surface area contributed by atoms with Gasteiger partial charge in [-0.3, -0.25) is 26.7 Å². The van der Waals surface area contributed by atoms with Crippen molar-refractivity contribution in [3.8, 4) is 67.2 Å². The van der Waals surface area contributed by atoms with E-state index < -0.39 is 24.2 Å². The van der Waals surface area contributed by atoms with Crippen LogP contribution in [0.1, 0.15) is 62.3 Å². The summed E-state index contributed by atoms with van der Waals surface area (Å²) in [5, 5.41) is 18.7. The standard InChI is InChI=1S/3C25H26FN2Si.Ir/c3*1-25(2,3)29(4,5)21-13-14-28-20(16-21)17-24(27-28)22-12-11-19(15-23(22)26)18-9-7-6-8-10-18;/h3*6-11,13-17H,1-5H3;/q3*-1;+3. The molecular formula is C75H78F3IrN6Si3. The Labute approximate surface area is 535 Å². The Bertz CT molecular complexity index is 3970. The molecule has 0 radical (unpaired) electrons. The number of aromatic nitrogens is 6. The molecule has 6 aromatic heterocycles. The molecule has 0 N–H and O–H groups in total. The maximum Gasteiger partial charge on any atom is 3.00 e. The van der Waals surface area contributed by atoms with Gasteiger partial charge in [0, 0.05) is 53.1 Å². The normalized spacial score (nSPS) is 12.3. The average Bonchev–Trinajstić information content (AvgIpc) is 1.62. The molecule has 450 valence electrons. The van der Waals surface area contributed by atoms with Crippen molar-refractivity contribution in [1.82, 2.24) is 28.8 Å². The molecule has 0 unspecified atom stereocenters. The van der Waals surface area contributed by atoms with E-state index in [1.165, 1.54) is 15.6 Å². The quantitative estimate of drug-likeness (QED) is 0.107. The predicted molar refractivity (Wildman–Crippen MR) is 365 cm³/mol. The van der Waals surface area contributed by atoms with Gasteiger partial charge in [-0.1, -0.05) is 276 Å². The van der Waals surface area contributed by atoms with Crippen LogP contribution < -0.4 is 15.6 Å². The Hall–Kier alpha value is -7.52. The number of hydrogen-bond donors (Lipinski definition) is 0. The Balaban J connectivity index is 0.000000156. The molecular weight excluding hydrogens is 1320 g/mol. The van der Waals surface area contributed by atoms with Crippen molar-refractivity contribution in [2.24, 2.45) is 0 Å². The van der Waals surface area contributed by atoms with E-state index in [1.54, 1.807) is 18.2 Å². The zero-order chi connectivity index (χ0) is 62.4. The summed E-state index contributed by atoms with van der Waals surface area (Å²) in [6.45, 7) is 35.2. The van der Waals surface area contributed by atoms with Gasteiger partial charge >= 0.3 is 20.1 Å². The van der Waals surface area contributed by atoms with Crippen LogP contribution in [-0.2, 0) is 20.1 Å². The summed E-state index contributed by atoms with van der Waals surface area (Å²) in [6.07, 6.45) is 5.97. The first-order valence-electron chi connectivity index (χ1n) is 29.8. The molecule has 0 aliphatic heterocycles. The number of fused-ring (bicyclic) bond motifs is 3. The number of hydrogen-bond acceptors (Lipinski definition) is 3. The zero-order valence-corrected chi connectivity index (χ0v) is 58.6. The summed E-state index contributed by atoms with van der Waals surface area (Å²) >= 11 is 0. The summed E-state index contributed by atoms with van der Waals surface area (Å²) in [7, 11) is -4.94. The molecule has 12 rings (SSSR count). The van der Waals surface area contributed by atoms with E-state index >= 15 is 0 Å². The molecule has 0 aliphatic carbocycles. The molecule has 0 amide bonds. The van der Waals surface area contributed by atoms with Crippen LogP contribution in [0.2, 0.25) is 54.4 Å². The monoisotopic (exact) mass is 1400 g/mol. The number of nitrogens with zero attached hydrogens (tertiary/aromatic N) is 6. The minimum atomic E-state index is -1.65. The van der Waals surface area contributed by atoms with Crippen molar-refractivity contribution in [1.29, 1.82) is 0 Å². The van der Waals surface area contributed by atoms with Gasteiger partial charge in [-0.25, -0.2) is 15.3 Å². The Morgan fingerprint density at radius 1 is 0.330 bits per heavy atom. The Morgan fingerprint density at radius 2 is 0.568 bits per heavy atom. The minimum Gasteiger partial charge on any atom is -0.265 e. The molecule has 6 aromatic carbocycles. The van der Waals surface area contributed by atoms with Crippen LogP contribution in [0.5, 0.6) is 0 Å². The van der Waals surface area contributed by atoms with Gasteiger partial charge in [0.05, 0.1) is 40.8 Å². The Kier molecular flexibility index (Phi) is 18.6. The van der Waals surface area contributed by atoms with Crippen LogP contribution in [-0.4, -0.2) is 53.1 Å². The van der Waals surface area contributed by atoms with E-state index in [9.17, 15) is 13.2 Å². The minimum absolute atomic E-state index is 0. The van der Waals surface area contributed by atoms with Gasteiger partial charge in [0.1, 0.15) is 0 Å². The fraction of sp³-hybridized carbons (Fsp3) is 0.240. The molecule has 0 saturated heterocycles. The van der Waals surface area contributed by atoms with Crippen LogP contribution >= 0.6 is 0 Å². The summed E-state index contributed by atoms with van der Waals surface area (Å²) in [6, 6.07) is 67.8. The Morgan fingerprint density at radius 3 is 0.784 bits per heavy atom. The second-order valence-corrected chi connectivity index (χ2v) is 43.5. The SMILES string of the molecule is CC(C)(C)[Si](C)(C)c1ccn2nc(-c3[c-]cc(-c4ccccc4)cc3F)cc2c1.CC(C)(C)[Si](C)(C)c1ccn2nc(-c3[c-]cc(-c4ccccc4)cc3F)cc2c1.CC(C)(C)[Si](C)(C)c1ccn2nc(-c3[c-]cc(-c4ccccc4)cc3F)cc2c1.[Ir+3]. The molecule has 0 bridgehead atoms. The van der Waals surface area contributed by atoms with Gasteiger partial charge in [-0.05, 0) is 51.5 Å². The fourth-order valence-corrected chi connectivity index (χ4v) is 15.8. The molecule has 0 atom stereocenters. The number of rotatable bonds is 9. The van der Waals surface area contributed by atoms with Crippen molar-refractivity contribution in [2.45, 2.75) is 117 Å². The van der Waals surface area contributed by atoms with Gasteiger partial charge in [0.25, 0.3) is 0 Å². The predicted octanol–water partition coefficient (Wildman–Crippen LogP) is 19.0. The molecule has 0 saturated carbocycles. The third-order valence-electron chi connectivity index (χ3n) is 18.9. The van der Waals surface area contributed by atoms with Crippen LogP contribution in [0.4, 0.5) is 13.2 Å². The second-order valence-electron chi connectivity index (χ2n) is 27.5.